The second kappa shape index (κ2) is 6.50. The lowest BCUT2D eigenvalue weighted by Gasteiger charge is -2.05. The molecule has 22 heavy (non-hydrogen) atoms. The van der Waals surface area contributed by atoms with Gasteiger partial charge in [0.1, 0.15) is 0 Å². The molecule has 0 aliphatic rings. The van der Waals surface area contributed by atoms with Crippen LogP contribution in [0.15, 0.2) is 58.4 Å². The summed E-state index contributed by atoms with van der Waals surface area (Å²) in [4.78, 5) is 6.46. The van der Waals surface area contributed by atoms with Crippen molar-refractivity contribution in [2.45, 2.75) is 18.2 Å². The molecule has 0 aliphatic carbocycles. The average Bonchev–Trinajstić information content (AvgIpc) is 2.84. The number of fused-ring (bicyclic) bond motifs is 1. The van der Waals surface area contributed by atoms with Crippen molar-refractivity contribution < 1.29 is 0 Å². The van der Waals surface area contributed by atoms with Gasteiger partial charge in [0.25, 0.3) is 0 Å². The zero-order valence-electron chi connectivity index (χ0n) is 12.5. The molecule has 0 spiro atoms. The maximum atomic E-state index is 8.20. The van der Waals surface area contributed by atoms with Crippen molar-refractivity contribution in [2.75, 3.05) is 0 Å². The van der Waals surface area contributed by atoms with Crippen LogP contribution in [0.2, 0.25) is 0 Å². The SMILES string of the molecule is CCc1ccccc1SC(=N)/N=c1/sc2ccccc2n1C. The summed E-state index contributed by atoms with van der Waals surface area (Å²) < 4.78 is 3.23. The van der Waals surface area contributed by atoms with Crippen LogP contribution in [0.3, 0.4) is 0 Å². The Hall–Kier alpha value is -1.85. The number of hydrogen-bond donors (Lipinski definition) is 1. The van der Waals surface area contributed by atoms with Gasteiger partial charge in [0.2, 0.25) is 0 Å². The molecule has 1 heterocycles. The first-order chi connectivity index (χ1) is 10.7. The van der Waals surface area contributed by atoms with Crippen LogP contribution >= 0.6 is 23.1 Å². The lowest BCUT2D eigenvalue weighted by atomic mass is 10.2. The van der Waals surface area contributed by atoms with E-state index in [1.165, 1.54) is 22.0 Å². The predicted molar refractivity (Wildman–Crippen MR) is 95.8 cm³/mol. The van der Waals surface area contributed by atoms with Crippen LogP contribution in [0.4, 0.5) is 0 Å². The first kappa shape index (κ1) is 15.1. The summed E-state index contributed by atoms with van der Waals surface area (Å²) in [5.74, 6) is 0. The quantitative estimate of drug-likeness (QED) is 0.422. The van der Waals surface area contributed by atoms with E-state index in [0.29, 0.717) is 5.17 Å². The smallest absolute Gasteiger partial charge is 0.192 e. The van der Waals surface area contributed by atoms with Crippen LogP contribution in [0.1, 0.15) is 12.5 Å². The molecule has 0 bridgehead atoms. The topological polar surface area (TPSA) is 41.1 Å². The highest BCUT2D eigenvalue weighted by Gasteiger charge is 2.06. The predicted octanol–water partition coefficient (Wildman–Crippen LogP) is 4.43. The highest BCUT2D eigenvalue weighted by molar-refractivity contribution is 8.13. The van der Waals surface area contributed by atoms with Gasteiger partial charge < -0.3 is 4.57 Å². The molecule has 0 radical (unpaired) electrons. The van der Waals surface area contributed by atoms with Crippen molar-refractivity contribution in [1.82, 2.24) is 4.57 Å². The monoisotopic (exact) mass is 327 g/mol. The number of nitrogens with zero attached hydrogens (tertiary/aromatic N) is 2. The molecule has 1 aromatic heterocycles. The number of thiazole rings is 1. The zero-order chi connectivity index (χ0) is 15.5. The average molecular weight is 327 g/mol. The highest BCUT2D eigenvalue weighted by atomic mass is 32.2. The van der Waals surface area contributed by atoms with E-state index in [-0.39, 0.29) is 0 Å². The fraction of sp³-hybridized carbons (Fsp3) is 0.176. The minimum atomic E-state index is 0.322. The zero-order valence-corrected chi connectivity index (χ0v) is 14.2. The van der Waals surface area contributed by atoms with Crippen LogP contribution < -0.4 is 4.80 Å². The molecule has 0 atom stereocenters. The Labute approximate surface area is 137 Å². The Morgan fingerprint density at radius 3 is 2.68 bits per heavy atom. The van der Waals surface area contributed by atoms with E-state index < -0.39 is 0 Å². The first-order valence-electron chi connectivity index (χ1n) is 7.12. The van der Waals surface area contributed by atoms with Crippen molar-refractivity contribution in [2.24, 2.45) is 12.0 Å². The Morgan fingerprint density at radius 2 is 1.91 bits per heavy atom. The van der Waals surface area contributed by atoms with E-state index in [9.17, 15) is 0 Å². The van der Waals surface area contributed by atoms with Crippen LogP contribution in [-0.4, -0.2) is 9.73 Å². The van der Waals surface area contributed by atoms with E-state index in [1.807, 2.05) is 35.9 Å². The Morgan fingerprint density at radius 1 is 1.18 bits per heavy atom. The van der Waals surface area contributed by atoms with Gasteiger partial charge in [-0.3, -0.25) is 5.41 Å². The molecular weight excluding hydrogens is 310 g/mol. The highest BCUT2D eigenvalue weighted by Crippen LogP contribution is 2.24. The third-order valence-electron chi connectivity index (χ3n) is 3.47. The van der Waals surface area contributed by atoms with Crippen LogP contribution in [-0.2, 0) is 13.5 Å². The fourth-order valence-corrected chi connectivity index (χ4v) is 4.21. The fourth-order valence-electron chi connectivity index (χ4n) is 2.30. The third-order valence-corrected chi connectivity index (χ3v) is 5.49. The number of benzene rings is 2. The summed E-state index contributed by atoms with van der Waals surface area (Å²) in [6, 6.07) is 16.4. The van der Waals surface area contributed by atoms with E-state index in [1.54, 1.807) is 11.3 Å². The van der Waals surface area contributed by atoms with Gasteiger partial charge in [-0.1, -0.05) is 60.4 Å². The molecule has 0 saturated carbocycles. The van der Waals surface area contributed by atoms with Crippen LogP contribution in [0, 0.1) is 5.41 Å². The second-order valence-electron chi connectivity index (χ2n) is 4.89. The van der Waals surface area contributed by atoms with Gasteiger partial charge in [0.05, 0.1) is 10.2 Å². The molecule has 0 unspecified atom stereocenters. The van der Waals surface area contributed by atoms with Gasteiger partial charge in [-0.2, -0.15) is 4.99 Å². The summed E-state index contributed by atoms with van der Waals surface area (Å²) in [5, 5.41) is 8.52. The molecular formula is C17H17N3S2. The number of amidine groups is 1. The summed E-state index contributed by atoms with van der Waals surface area (Å²) >= 11 is 3.03. The molecule has 3 nitrogen and oxygen atoms in total. The minimum Gasteiger partial charge on any atom is -0.319 e. The van der Waals surface area contributed by atoms with E-state index in [0.717, 1.165) is 21.6 Å². The molecule has 1 N–H and O–H groups in total. The molecule has 3 rings (SSSR count). The first-order valence-corrected chi connectivity index (χ1v) is 8.76. The van der Waals surface area contributed by atoms with Gasteiger partial charge in [-0.25, -0.2) is 0 Å². The van der Waals surface area contributed by atoms with Crippen molar-refractivity contribution in [1.29, 1.82) is 5.41 Å². The molecule has 0 aliphatic heterocycles. The molecule has 0 amide bonds. The molecule has 3 aromatic rings. The van der Waals surface area contributed by atoms with E-state index in [4.69, 9.17) is 5.41 Å². The summed E-state index contributed by atoms with van der Waals surface area (Å²) in [6.07, 6.45) is 0.965. The van der Waals surface area contributed by atoms with Crippen molar-refractivity contribution in [3.05, 3.63) is 58.9 Å². The number of para-hydroxylation sites is 1. The summed E-state index contributed by atoms with van der Waals surface area (Å²) in [7, 11) is 2.00. The number of rotatable bonds is 2. The lowest BCUT2D eigenvalue weighted by Crippen LogP contribution is -2.11. The van der Waals surface area contributed by atoms with Crippen LogP contribution in [0.5, 0.6) is 0 Å². The van der Waals surface area contributed by atoms with Crippen LogP contribution in [0.25, 0.3) is 10.2 Å². The van der Waals surface area contributed by atoms with Crippen molar-refractivity contribution >= 4 is 38.5 Å². The summed E-state index contributed by atoms with van der Waals surface area (Å²) in [6.45, 7) is 2.13. The number of thioether (sulfide) groups is 1. The largest absolute Gasteiger partial charge is 0.319 e. The lowest BCUT2D eigenvalue weighted by molar-refractivity contribution is 0.917. The van der Waals surface area contributed by atoms with Gasteiger partial charge in [-0.05, 0) is 30.2 Å². The Kier molecular flexibility index (Phi) is 4.45. The molecule has 0 fully saturated rings. The minimum absolute atomic E-state index is 0.322. The standard InChI is InChI=1S/C17H17N3S2/c1-3-12-8-4-6-10-14(12)21-16(18)19-17-20(2)13-9-5-7-11-15(13)22-17/h4-11,18H,3H2,1-2H3/b18-16?,19-17+. The number of aryl methyl sites for hydroxylation is 2. The van der Waals surface area contributed by atoms with Gasteiger partial charge in [0.15, 0.2) is 9.97 Å². The molecule has 0 saturated heterocycles. The van der Waals surface area contributed by atoms with Gasteiger partial charge in [-0.15, -0.1) is 0 Å². The Balaban J connectivity index is 1.93. The maximum Gasteiger partial charge on any atom is 0.192 e. The Bertz CT molecular complexity index is 890. The number of hydrogen-bond acceptors (Lipinski definition) is 3. The van der Waals surface area contributed by atoms with Gasteiger partial charge in [0, 0.05) is 11.9 Å². The molecule has 112 valence electrons. The molecule has 2 aromatic carbocycles. The third kappa shape index (κ3) is 3.00. The maximum absolute atomic E-state index is 8.20. The van der Waals surface area contributed by atoms with Crippen molar-refractivity contribution in [3.8, 4) is 0 Å². The van der Waals surface area contributed by atoms with Crippen molar-refractivity contribution in [3.63, 3.8) is 0 Å². The number of aromatic nitrogens is 1. The normalized spacial score (nSPS) is 12.0. The number of nitrogens with one attached hydrogen (secondary N) is 1. The van der Waals surface area contributed by atoms with E-state index >= 15 is 0 Å². The second-order valence-corrected chi connectivity index (χ2v) is 6.93. The summed E-state index contributed by atoms with van der Waals surface area (Å²) in [5.41, 5.74) is 2.41. The van der Waals surface area contributed by atoms with Gasteiger partial charge >= 0.3 is 0 Å². The van der Waals surface area contributed by atoms with E-state index in [2.05, 4.69) is 36.2 Å². The molecule has 5 heteroatoms.